The third-order valence-corrected chi connectivity index (χ3v) is 1.52. The molecule has 0 fully saturated rings. The van der Waals surface area contributed by atoms with Crippen LogP contribution in [0.1, 0.15) is 34.6 Å². The fourth-order valence-electron chi connectivity index (χ4n) is 0.986. The largest absolute Gasteiger partial charge is 0.266 e. The fraction of sp³-hybridized carbons (Fsp3) is 0.538. The summed E-state index contributed by atoms with van der Waals surface area (Å²) in [6.45, 7) is 10.5. The van der Waals surface area contributed by atoms with Gasteiger partial charge < -0.3 is 0 Å². The Kier molecular flexibility index (Phi) is 7.18. The van der Waals surface area contributed by atoms with Crippen LogP contribution in [0.4, 0.5) is 0 Å². The Morgan fingerprint density at radius 1 is 1.19 bits per heavy atom. The SMILES string of the molecule is CC.CC(C)C.Cn1ncc2ncccc21. The molecule has 2 aromatic rings. The van der Waals surface area contributed by atoms with Crippen LogP contribution in [-0.2, 0) is 7.05 Å². The van der Waals surface area contributed by atoms with Crippen molar-refractivity contribution in [2.75, 3.05) is 0 Å². The van der Waals surface area contributed by atoms with E-state index in [1.165, 1.54) is 0 Å². The van der Waals surface area contributed by atoms with Gasteiger partial charge in [-0.3, -0.25) is 9.67 Å². The molecule has 0 saturated carbocycles. The average molecular weight is 221 g/mol. The molecule has 2 rings (SSSR count). The normalized spacial score (nSPS) is 9.19. The van der Waals surface area contributed by atoms with E-state index in [0.717, 1.165) is 17.0 Å². The zero-order valence-corrected chi connectivity index (χ0v) is 11.2. The third-order valence-electron chi connectivity index (χ3n) is 1.52. The van der Waals surface area contributed by atoms with E-state index >= 15 is 0 Å². The maximum Gasteiger partial charge on any atom is 0.108 e. The lowest BCUT2D eigenvalue weighted by molar-refractivity contribution is 0.737. The van der Waals surface area contributed by atoms with Crippen molar-refractivity contribution in [3.63, 3.8) is 0 Å². The first kappa shape index (κ1) is 14.6. The van der Waals surface area contributed by atoms with Crippen LogP contribution in [0, 0.1) is 5.92 Å². The molecule has 0 aliphatic heterocycles. The molecule has 3 nitrogen and oxygen atoms in total. The summed E-state index contributed by atoms with van der Waals surface area (Å²) in [6.07, 6.45) is 3.53. The number of fused-ring (bicyclic) bond motifs is 1. The maximum absolute atomic E-state index is 4.12. The molecule has 0 aliphatic carbocycles. The number of pyridine rings is 1. The predicted molar refractivity (Wildman–Crippen MR) is 70.4 cm³/mol. The van der Waals surface area contributed by atoms with Crippen molar-refractivity contribution in [1.29, 1.82) is 0 Å². The van der Waals surface area contributed by atoms with E-state index in [9.17, 15) is 0 Å². The van der Waals surface area contributed by atoms with Gasteiger partial charge in [0.2, 0.25) is 0 Å². The van der Waals surface area contributed by atoms with Crippen molar-refractivity contribution >= 4 is 11.0 Å². The van der Waals surface area contributed by atoms with Crippen LogP contribution >= 0.6 is 0 Å². The molecule has 0 aliphatic rings. The summed E-state index contributed by atoms with van der Waals surface area (Å²) in [4.78, 5) is 4.12. The van der Waals surface area contributed by atoms with E-state index in [-0.39, 0.29) is 0 Å². The van der Waals surface area contributed by atoms with Gasteiger partial charge >= 0.3 is 0 Å². The number of hydrogen-bond acceptors (Lipinski definition) is 2. The van der Waals surface area contributed by atoms with E-state index in [4.69, 9.17) is 0 Å². The lowest BCUT2D eigenvalue weighted by Crippen LogP contribution is -1.87. The minimum Gasteiger partial charge on any atom is -0.266 e. The van der Waals surface area contributed by atoms with Crippen molar-refractivity contribution in [2.45, 2.75) is 34.6 Å². The Bertz CT molecular complexity index is 388. The van der Waals surface area contributed by atoms with Gasteiger partial charge in [0, 0.05) is 13.2 Å². The molecule has 0 spiro atoms. The molecule has 16 heavy (non-hydrogen) atoms. The lowest BCUT2D eigenvalue weighted by Gasteiger charge is -1.89. The highest BCUT2D eigenvalue weighted by molar-refractivity contribution is 5.73. The highest BCUT2D eigenvalue weighted by Crippen LogP contribution is 2.06. The van der Waals surface area contributed by atoms with E-state index < -0.39 is 0 Å². The summed E-state index contributed by atoms with van der Waals surface area (Å²) in [5.41, 5.74) is 2.02. The van der Waals surface area contributed by atoms with E-state index in [1.54, 1.807) is 12.4 Å². The third kappa shape index (κ3) is 4.91. The number of hydrogen-bond donors (Lipinski definition) is 0. The first-order chi connectivity index (χ1) is 7.61. The number of aromatic nitrogens is 3. The topological polar surface area (TPSA) is 30.7 Å². The predicted octanol–water partition coefficient (Wildman–Crippen LogP) is 3.66. The molecule has 0 saturated heterocycles. The number of aryl methyl sites for hydroxylation is 1. The zero-order valence-electron chi connectivity index (χ0n) is 11.2. The zero-order chi connectivity index (χ0) is 12.6. The molecular weight excluding hydrogens is 198 g/mol. The first-order valence-corrected chi connectivity index (χ1v) is 5.84. The Hall–Kier alpha value is -1.38. The smallest absolute Gasteiger partial charge is 0.108 e. The van der Waals surface area contributed by atoms with Gasteiger partial charge in [-0.05, 0) is 18.1 Å². The van der Waals surface area contributed by atoms with Crippen molar-refractivity contribution in [3.8, 4) is 0 Å². The van der Waals surface area contributed by atoms with Gasteiger partial charge in [0.15, 0.2) is 0 Å². The van der Waals surface area contributed by atoms with Gasteiger partial charge in [0.25, 0.3) is 0 Å². The van der Waals surface area contributed by atoms with E-state index in [2.05, 4.69) is 30.9 Å². The summed E-state index contributed by atoms with van der Waals surface area (Å²) >= 11 is 0. The van der Waals surface area contributed by atoms with Crippen molar-refractivity contribution in [2.24, 2.45) is 13.0 Å². The van der Waals surface area contributed by atoms with Crippen LogP contribution in [0.3, 0.4) is 0 Å². The molecule has 3 heteroatoms. The minimum atomic E-state index is 0.833. The highest BCUT2D eigenvalue weighted by atomic mass is 15.3. The molecule has 0 bridgehead atoms. The molecule has 0 aromatic carbocycles. The Morgan fingerprint density at radius 2 is 1.75 bits per heavy atom. The second-order valence-corrected chi connectivity index (χ2v) is 3.91. The minimum absolute atomic E-state index is 0.833. The molecule has 0 radical (unpaired) electrons. The fourth-order valence-corrected chi connectivity index (χ4v) is 0.986. The van der Waals surface area contributed by atoms with Crippen LogP contribution in [0.2, 0.25) is 0 Å². The maximum atomic E-state index is 4.12. The van der Waals surface area contributed by atoms with E-state index in [0.29, 0.717) is 0 Å². The van der Waals surface area contributed by atoms with Crippen LogP contribution in [-0.4, -0.2) is 14.8 Å². The monoisotopic (exact) mass is 221 g/mol. The summed E-state index contributed by atoms with van der Waals surface area (Å²) in [5, 5.41) is 4.05. The van der Waals surface area contributed by atoms with Crippen LogP contribution < -0.4 is 0 Å². The van der Waals surface area contributed by atoms with Gasteiger partial charge in [0.05, 0.1) is 11.7 Å². The van der Waals surface area contributed by atoms with Crippen LogP contribution in [0.25, 0.3) is 11.0 Å². The highest BCUT2D eigenvalue weighted by Gasteiger charge is 1.95. The quantitative estimate of drug-likeness (QED) is 0.679. The van der Waals surface area contributed by atoms with Gasteiger partial charge in [-0.25, -0.2) is 0 Å². The molecule has 0 atom stereocenters. The van der Waals surface area contributed by atoms with Crippen molar-refractivity contribution < 1.29 is 0 Å². The Morgan fingerprint density at radius 3 is 2.25 bits per heavy atom. The van der Waals surface area contributed by atoms with Gasteiger partial charge in [0.1, 0.15) is 5.52 Å². The van der Waals surface area contributed by atoms with E-state index in [1.807, 2.05) is 37.7 Å². The molecule has 2 aromatic heterocycles. The number of nitrogens with zero attached hydrogens (tertiary/aromatic N) is 3. The molecule has 0 amide bonds. The summed E-state index contributed by atoms with van der Waals surface area (Å²) < 4.78 is 1.81. The second kappa shape index (κ2) is 7.85. The molecular formula is C13H23N3. The summed E-state index contributed by atoms with van der Waals surface area (Å²) in [5.74, 6) is 0.833. The van der Waals surface area contributed by atoms with Gasteiger partial charge in [-0.1, -0.05) is 34.6 Å². The van der Waals surface area contributed by atoms with Gasteiger partial charge in [-0.15, -0.1) is 0 Å². The Labute approximate surface area is 98.5 Å². The molecule has 0 unspecified atom stereocenters. The van der Waals surface area contributed by atoms with Crippen LogP contribution in [0.5, 0.6) is 0 Å². The lowest BCUT2D eigenvalue weighted by atomic mass is 10.3. The van der Waals surface area contributed by atoms with Gasteiger partial charge in [-0.2, -0.15) is 5.10 Å². The second-order valence-electron chi connectivity index (χ2n) is 3.91. The van der Waals surface area contributed by atoms with Crippen LogP contribution in [0.15, 0.2) is 24.5 Å². The molecule has 90 valence electrons. The summed E-state index contributed by atoms with van der Waals surface area (Å²) in [6, 6.07) is 3.90. The average Bonchev–Trinajstić information content (AvgIpc) is 2.64. The first-order valence-electron chi connectivity index (χ1n) is 5.84. The standard InChI is InChI=1S/C7H7N3.C4H10.C2H6/c1-10-7-3-2-4-8-6(7)5-9-10;1-4(2)3;1-2/h2-5H,1H3;4H,1-3H3;1-2H3. The van der Waals surface area contributed by atoms with Crippen molar-refractivity contribution in [3.05, 3.63) is 24.5 Å². The van der Waals surface area contributed by atoms with Crippen molar-refractivity contribution in [1.82, 2.24) is 14.8 Å². The number of rotatable bonds is 0. The Balaban J connectivity index is 0.000000323. The molecule has 0 N–H and O–H groups in total. The molecule has 2 heterocycles. The summed E-state index contributed by atoms with van der Waals surface area (Å²) in [7, 11) is 1.91.